The van der Waals surface area contributed by atoms with E-state index in [1.807, 2.05) is 56.3 Å². The molecule has 0 saturated carbocycles. The largest absolute Gasteiger partial charge is 0.495 e. The van der Waals surface area contributed by atoms with Gasteiger partial charge >= 0.3 is 11.8 Å². The molecule has 0 unspecified atom stereocenters. The second-order valence-electron chi connectivity index (χ2n) is 6.70. The first-order chi connectivity index (χ1) is 13.0. The van der Waals surface area contributed by atoms with Crippen molar-refractivity contribution < 1.29 is 14.3 Å². The predicted octanol–water partition coefficient (Wildman–Crippen LogP) is 2.60. The number of nitrogens with zero attached hydrogens (tertiary/aromatic N) is 2. The number of carbonyl (C=O) groups is 2. The Morgan fingerprint density at radius 2 is 1.67 bits per heavy atom. The number of benzene rings is 2. The van der Waals surface area contributed by atoms with Gasteiger partial charge in [-0.25, -0.2) is 0 Å². The molecule has 6 nitrogen and oxygen atoms in total. The van der Waals surface area contributed by atoms with Crippen LogP contribution >= 0.6 is 0 Å². The highest BCUT2D eigenvalue weighted by Gasteiger charge is 2.27. The van der Waals surface area contributed by atoms with Gasteiger partial charge in [0.25, 0.3) is 0 Å². The minimum Gasteiger partial charge on any atom is -0.495 e. The lowest BCUT2D eigenvalue weighted by atomic mass is 10.1. The van der Waals surface area contributed by atoms with Crippen molar-refractivity contribution in [2.75, 3.05) is 43.5 Å². The standard InChI is InChI=1S/C21H25N3O3/c1-15-8-9-17(14-16(15)2)22-20(25)21(26)24-12-10-23(11-13-24)18-6-4-5-7-19(18)27-3/h4-9,14H,10-13H2,1-3H3,(H,22,25). The predicted molar refractivity (Wildman–Crippen MR) is 106 cm³/mol. The molecule has 1 N–H and O–H groups in total. The molecule has 0 atom stereocenters. The molecule has 0 radical (unpaired) electrons. The molecule has 0 spiro atoms. The first kappa shape index (κ1) is 18.8. The van der Waals surface area contributed by atoms with Crippen LogP contribution in [0.3, 0.4) is 0 Å². The third-order valence-corrected chi connectivity index (χ3v) is 4.95. The van der Waals surface area contributed by atoms with Gasteiger partial charge in [-0.15, -0.1) is 0 Å². The van der Waals surface area contributed by atoms with Crippen LogP contribution in [-0.4, -0.2) is 50.0 Å². The average molecular weight is 367 g/mol. The molecule has 1 saturated heterocycles. The number of hydrogen-bond donors (Lipinski definition) is 1. The van der Waals surface area contributed by atoms with E-state index < -0.39 is 11.8 Å². The van der Waals surface area contributed by atoms with Crippen molar-refractivity contribution in [1.82, 2.24) is 4.90 Å². The maximum Gasteiger partial charge on any atom is 0.313 e. The maximum absolute atomic E-state index is 12.5. The van der Waals surface area contributed by atoms with Crippen LogP contribution in [0.5, 0.6) is 5.75 Å². The average Bonchev–Trinajstić information content (AvgIpc) is 2.70. The zero-order valence-electron chi connectivity index (χ0n) is 16.0. The molecule has 1 heterocycles. The fourth-order valence-electron chi connectivity index (χ4n) is 3.19. The summed E-state index contributed by atoms with van der Waals surface area (Å²) < 4.78 is 5.41. The number of carbonyl (C=O) groups excluding carboxylic acids is 2. The van der Waals surface area contributed by atoms with Crippen LogP contribution in [0.15, 0.2) is 42.5 Å². The Kier molecular flexibility index (Phi) is 5.64. The second kappa shape index (κ2) is 8.12. The molecule has 142 valence electrons. The van der Waals surface area contributed by atoms with E-state index >= 15 is 0 Å². The van der Waals surface area contributed by atoms with Crippen molar-refractivity contribution in [3.63, 3.8) is 0 Å². The van der Waals surface area contributed by atoms with Crippen molar-refractivity contribution in [3.8, 4) is 5.75 Å². The quantitative estimate of drug-likeness (QED) is 0.847. The third kappa shape index (κ3) is 4.22. The van der Waals surface area contributed by atoms with E-state index in [1.54, 1.807) is 12.0 Å². The zero-order chi connectivity index (χ0) is 19.4. The number of ether oxygens (including phenoxy) is 1. The lowest BCUT2D eigenvalue weighted by molar-refractivity contribution is -0.143. The summed E-state index contributed by atoms with van der Waals surface area (Å²) in [7, 11) is 1.65. The van der Waals surface area contributed by atoms with Crippen molar-refractivity contribution in [1.29, 1.82) is 0 Å². The van der Waals surface area contributed by atoms with Crippen molar-refractivity contribution in [3.05, 3.63) is 53.6 Å². The van der Waals surface area contributed by atoms with Crippen LogP contribution < -0.4 is 15.0 Å². The topological polar surface area (TPSA) is 61.9 Å². The number of para-hydroxylation sites is 2. The molecule has 1 fully saturated rings. The minimum absolute atomic E-state index is 0.493. The SMILES string of the molecule is COc1ccccc1N1CCN(C(=O)C(=O)Nc2ccc(C)c(C)c2)CC1. The molecule has 2 amide bonds. The summed E-state index contributed by atoms with van der Waals surface area (Å²) in [4.78, 5) is 28.6. The molecule has 1 aliphatic heterocycles. The van der Waals surface area contributed by atoms with E-state index in [2.05, 4.69) is 10.2 Å². The van der Waals surface area contributed by atoms with Crippen LogP contribution in [-0.2, 0) is 9.59 Å². The molecule has 27 heavy (non-hydrogen) atoms. The Morgan fingerprint density at radius 1 is 0.963 bits per heavy atom. The first-order valence-electron chi connectivity index (χ1n) is 9.05. The maximum atomic E-state index is 12.5. The lowest BCUT2D eigenvalue weighted by Gasteiger charge is -2.36. The Balaban J connectivity index is 1.59. The molecule has 2 aromatic carbocycles. The van der Waals surface area contributed by atoms with Gasteiger partial charge in [0.2, 0.25) is 0 Å². The monoisotopic (exact) mass is 367 g/mol. The summed E-state index contributed by atoms with van der Waals surface area (Å²) >= 11 is 0. The number of piperazine rings is 1. The minimum atomic E-state index is -0.594. The zero-order valence-corrected chi connectivity index (χ0v) is 16.0. The summed E-state index contributed by atoms with van der Waals surface area (Å²) in [5.74, 6) is -0.276. The number of aryl methyl sites for hydroxylation is 2. The fourth-order valence-corrected chi connectivity index (χ4v) is 3.19. The van der Waals surface area contributed by atoms with E-state index in [0.29, 0.717) is 31.9 Å². The van der Waals surface area contributed by atoms with E-state index in [1.165, 1.54) is 0 Å². The Hall–Kier alpha value is -3.02. The number of rotatable bonds is 3. The fraction of sp³-hybridized carbons (Fsp3) is 0.333. The summed E-state index contributed by atoms with van der Waals surface area (Å²) in [5, 5.41) is 2.70. The van der Waals surface area contributed by atoms with Gasteiger partial charge in [0, 0.05) is 31.9 Å². The van der Waals surface area contributed by atoms with Gasteiger partial charge in [-0.05, 0) is 49.2 Å². The summed E-state index contributed by atoms with van der Waals surface area (Å²) in [5.41, 5.74) is 3.87. The van der Waals surface area contributed by atoms with Crippen LogP contribution in [0.4, 0.5) is 11.4 Å². The van der Waals surface area contributed by atoms with E-state index in [-0.39, 0.29) is 0 Å². The smallest absolute Gasteiger partial charge is 0.313 e. The first-order valence-corrected chi connectivity index (χ1v) is 9.05. The van der Waals surface area contributed by atoms with Crippen molar-refractivity contribution in [2.24, 2.45) is 0 Å². The van der Waals surface area contributed by atoms with Gasteiger partial charge in [0.1, 0.15) is 5.75 Å². The highest BCUT2D eigenvalue weighted by Crippen LogP contribution is 2.28. The normalized spacial score (nSPS) is 14.0. The van der Waals surface area contributed by atoms with E-state index in [9.17, 15) is 9.59 Å². The molecular formula is C21H25N3O3. The van der Waals surface area contributed by atoms with E-state index in [0.717, 1.165) is 22.6 Å². The molecule has 3 rings (SSSR count). The van der Waals surface area contributed by atoms with Crippen molar-refractivity contribution >= 4 is 23.2 Å². The van der Waals surface area contributed by atoms with Crippen LogP contribution in [0.2, 0.25) is 0 Å². The van der Waals surface area contributed by atoms with Gasteiger partial charge < -0.3 is 19.9 Å². The van der Waals surface area contributed by atoms with Gasteiger partial charge in [-0.1, -0.05) is 18.2 Å². The summed E-state index contributed by atoms with van der Waals surface area (Å²) in [6.45, 7) is 6.29. The Bertz CT molecular complexity index is 842. The van der Waals surface area contributed by atoms with Crippen LogP contribution in [0, 0.1) is 13.8 Å². The van der Waals surface area contributed by atoms with Gasteiger partial charge in [-0.3, -0.25) is 9.59 Å². The highest BCUT2D eigenvalue weighted by atomic mass is 16.5. The number of methoxy groups -OCH3 is 1. The number of anilines is 2. The summed E-state index contributed by atoms with van der Waals surface area (Å²) in [6.07, 6.45) is 0. The van der Waals surface area contributed by atoms with Crippen LogP contribution in [0.1, 0.15) is 11.1 Å². The highest BCUT2D eigenvalue weighted by molar-refractivity contribution is 6.39. The molecule has 0 aliphatic carbocycles. The van der Waals surface area contributed by atoms with Gasteiger partial charge in [0.05, 0.1) is 12.8 Å². The van der Waals surface area contributed by atoms with Gasteiger partial charge in [-0.2, -0.15) is 0 Å². The molecule has 6 heteroatoms. The lowest BCUT2D eigenvalue weighted by Crippen LogP contribution is -2.51. The Labute approximate surface area is 159 Å². The number of hydrogen-bond acceptors (Lipinski definition) is 4. The number of amides is 2. The molecule has 0 aromatic heterocycles. The van der Waals surface area contributed by atoms with Crippen molar-refractivity contribution in [2.45, 2.75) is 13.8 Å². The number of nitrogens with one attached hydrogen (secondary N) is 1. The van der Waals surface area contributed by atoms with Crippen LogP contribution in [0.25, 0.3) is 0 Å². The molecular weight excluding hydrogens is 342 g/mol. The summed E-state index contributed by atoms with van der Waals surface area (Å²) in [6, 6.07) is 13.4. The van der Waals surface area contributed by atoms with E-state index in [4.69, 9.17) is 4.74 Å². The molecule has 2 aromatic rings. The molecule has 1 aliphatic rings. The Morgan fingerprint density at radius 3 is 2.33 bits per heavy atom. The molecule has 0 bridgehead atoms. The van der Waals surface area contributed by atoms with Gasteiger partial charge in [0.15, 0.2) is 0 Å². The second-order valence-corrected chi connectivity index (χ2v) is 6.70. The third-order valence-electron chi connectivity index (χ3n) is 4.95.